The maximum atomic E-state index is 12.6. The molecule has 5 nitrogen and oxygen atoms in total. The van der Waals surface area contributed by atoms with Crippen molar-refractivity contribution in [3.63, 3.8) is 0 Å². The molecule has 2 saturated heterocycles. The number of hydrogen-bond acceptors (Lipinski definition) is 3. The van der Waals surface area contributed by atoms with E-state index >= 15 is 0 Å². The SMILES string of the molecule is C[C@H]1C(=O)N2CCC[C@H]2C(=O)N1Cc1ccc(OC(F)(F)F)cc1. The van der Waals surface area contributed by atoms with E-state index in [0.717, 1.165) is 6.42 Å². The molecule has 1 aromatic rings. The van der Waals surface area contributed by atoms with E-state index in [1.807, 2.05) is 0 Å². The molecule has 3 rings (SSSR count). The lowest BCUT2D eigenvalue weighted by atomic mass is 10.0. The molecule has 0 bridgehead atoms. The first-order chi connectivity index (χ1) is 11.3. The van der Waals surface area contributed by atoms with Crippen molar-refractivity contribution in [2.75, 3.05) is 6.54 Å². The van der Waals surface area contributed by atoms with Crippen molar-refractivity contribution >= 4 is 11.8 Å². The number of nitrogens with zero attached hydrogens (tertiary/aromatic N) is 2. The fourth-order valence-corrected chi connectivity index (χ4v) is 3.25. The van der Waals surface area contributed by atoms with Crippen molar-refractivity contribution in [3.05, 3.63) is 29.8 Å². The Morgan fingerprint density at radius 3 is 2.46 bits per heavy atom. The molecule has 8 heteroatoms. The zero-order chi connectivity index (χ0) is 17.5. The molecule has 1 aromatic carbocycles. The lowest BCUT2D eigenvalue weighted by molar-refractivity contribution is -0.274. The molecule has 24 heavy (non-hydrogen) atoms. The molecule has 0 N–H and O–H groups in total. The first kappa shape index (κ1) is 16.6. The maximum Gasteiger partial charge on any atom is 0.573 e. The third kappa shape index (κ3) is 3.18. The predicted molar refractivity (Wildman–Crippen MR) is 77.9 cm³/mol. The molecule has 2 aliphatic heterocycles. The van der Waals surface area contributed by atoms with Gasteiger partial charge in [-0.25, -0.2) is 0 Å². The molecule has 0 saturated carbocycles. The fraction of sp³-hybridized carbons (Fsp3) is 0.500. The van der Waals surface area contributed by atoms with Crippen LogP contribution in [0.25, 0.3) is 0 Å². The number of rotatable bonds is 3. The molecule has 0 unspecified atom stereocenters. The quantitative estimate of drug-likeness (QED) is 0.847. The van der Waals surface area contributed by atoms with E-state index in [0.29, 0.717) is 18.5 Å². The van der Waals surface area contributed by atoms with Gasteiger partial charge in [-0.15, -0.1) is 13.2 Å². The minimum absolute atomic E-state index is 0.0749. The van der Waals surface area contributed by atoms with Crippen LogP contribution in [0, 0.1) is 0 Å². The van der Waals surface area contributed by atoms with Gasteiger partial charge in [-0.3, -0.25) is 9.59 Å². The molecular formula is C16H17F3N2O3. The predicted octanol–water partition coefficient (Wildman–Crippen LogP) is 2.31. The van der Waals surface area contributed by atoms with Gasteiger partial charge in [0.1, 0.15) is 17.8 Å². The van der Waals surface area contributed by atoms with Crippen LogP contribution in [0.5, 0.6) is 5.75 Å². The molecule has 0 radical (unpaired) electrons. The van der Waals surface area contributed by atoms with Crippen LogP contribution in [0.4, 0.5) is 13.2 Å². The standard InChI is InChI=1S/C16H17F3N2O3/c1-10-14(22)20-8-2-3-13(20)15(23)21(10)9-11-4-6-12(7-5-11)24-16(17,18)19/h4-7,10,13H,2-3,8-9H2,1H3/t10-,13-/m0/s1. The van der Waals surface area contributed by atoms with Gasteiger partial charge in [-0.05, 0) is 37.5 Å². The third-order valence-electron chi connectivity index (χ3n) is 4.44. The zero-order valence-corrected chi connectivity index (χ0v) is 13.0. The van der Waals surface area contributed by atoms with Crippen molar-refractivity contribution in [1.29, 1.82) is 0 Å². The van der Waals surface area contributed by atoms with Crippen LogP contribution in [0.3, 0.4) is 0 Å². The minimum atomic E-state index is -4.74. The Hall–Kier alpha value is -2.25. The van der Waals surface area contributed by atoms with Crippen LogP contribution in [-0.2, 0) is 16.1 Å². The average Bonchev–Trinajstić information content (AvgIpc) is 2.99. The average molecular weight is 342 g/mol. The second-order valence-electron chi connectivity index (χ2n) is 6.02. The molecular weight excluding hydrogens is 325 g/mol. The molecule has 130 valence electrons. The summed E-state index contributed by atoms with van der Waals surface area (Å²) in [7, 11) is 0. The Morgan fingerprint density at radius 2 is 1.83 bits per heavy atom. The number of alkyl halides is 3. The summed E-state index contributed by atoms with van der Waals surface area (Å²) in [6, 6.07) is 4.36. The molecule has 0 spiro atoms. The summed E-state index contributed by atoms with van der Waals surface area (Å²) in [6.07, 6.45) is -3.27. The number of halogens is 3. The van der Waals surface area contributed by atoms with Crippen molar-refractivity contribution in [2.24, 2.45) is 0 Å². The Kier molecular flexibility index (Phi) is 4.15. The highest BCUT2D eigenvalue weighted by Gasteiger charge is 2.45. The second-order valence-corrected chi connectivity index (χ2v) is 6.02. The molecule has 0 aliphatic carbocycles. The van der Waals surface area contributed by atoms with Gasteiger partial charge < -0.3 is 14.5 Å². The summed E-state index contributed by atoms with van der Waals surface area (Å²) in [6.45, 7) is 2.47. The summed E-state index contributed by atoms with van der Waals surface area (Å²) >= 11 is 0. The van der Waals surface area contributed by atoms with E-state index in [1.54, 1.807) is 11.8 Å². The summed E-state index contributed by atoms with van der Waals surface area (Å²) < 4.78 is 40.3. The van der Waals surface area contributed by atoms with E-state index in [9.17, 15) is 22.8 Å². The van der Waals surface area contributed by atoms with Crippen LogP contribution < -0.4 is 4.74 Å². The Labute approximate surface area is 137 Å². The molecule has 2 amide bonds. The highest BCUT2D eigenvalue weighted by atomic mass is 19.4. The van der Waals surface area contributed by atoms with Crippen LogP contribution in [0.1, 0.15) is 25.3 Å². The van der Waals surface area contributed by atoms with Crippen LogP contribution >= 0.6 is 0 Å². The molecule has 2 fully saturated rings. The van der Waals surface area contributed by atoms with E-state index in [4.69, 9.17) is 0 Å². The Bertz CT molecular complexity index is 645. The molecule has 0 aromatic heterocycles. The Morgan fingerprint density at radius 1 is 1.17 bits per heavy atom. The van der Waals surface area contributed by atoms with Gasteiger partial charge in [0.2, 0.25) is 11.8 Å². The summed E-state index contributed by atoms with van der Waals surface area (Å²) in [5, 5.41) is 0. The largest absolute Gasteiger partial charge is 0.573 e. The van der Waals surface area contributed by atoms with Crippen LogP contribution in [0.2, 0.25) is 0 Å². The lowest BCUT2D eigenvalue weighted by Gasteiger charge is -2.41. The van der Waals surface area contributed by atoms with E-state index < -0.39 is 18.4 Å². The van der Waals surface area contributed by atoms with Gasteiger partial charge in [0.05, 0.1) is 0 Å². The monoisotopic (exact) mass is 342 g/mol. The lowest BCUT2D eigenvalue weighted by Crippen LogP contribution is -2.61. The normalized spacial score (nSPS) is 24.3. The number of hydrogen-bond donors (Lipinski definition) is 0. The smallest absolute Gasteiger partial charge is 0.406 e. The number of ether oxygens (including phenoxy) is 1. The van der Waals surface area contributed by atoms with Gasteiger partial charge in [-0.1, -0.05) is 12.1 Å². The highest BCUT2D eigenvalue weighted by molar-refractivity contribution is 5.97. The highest BCUT2D eigenvalue weighted by Crippen LogP contribution is 2.28. The molecule has 2 atom stereocenters. The third-order valence-corrected chi connectivity index (χ3v) is 4.44. The number of benzene rings is 1. The van der Waals surface area contributed by atoms with Crippen LogP contribution in [0.15, 0.2) is 24.3 Å². The van der Waals surface area contributed by atoms with Gasteiger partial charge in [0, 0.05) is 13.1 Å². The van der Waals surface area contributed by atoms with Gasteiger partial charge >= 0.3 is 6.36 Å². The molecule has 2 aliphatic rings. The number of piperazine rings is 1. The fourth-order valence-electron chi connectivity index (χ4n) is 3.25. The topological polar surface area (TPSA) is 49.9 Å². The van der Waals surface area contributed by atoms with Crippen molar-refractivity contribution < 1.29 is 27.5 Å². The van der Waals surface area contributed by atoms with E-state index in [-0.39, 0.29) is 24.1 Å². The van der Waals surface area contributed by atoms with Gasteiger partial charge in [-0.2, -0.15) is 0 Å². The van der Waals surface area contributed by atoms with E-state index in [2.05, 4.69) is 4.74 Å². The maximum absolute atomic E-state index is 12.6. The first-order valence-corrected chi connectivity index (χ1v) is 7.72. The van der Waals surface area contributed by atoms with E-state index in [1.165, 1.54) is 29.2 Å². The van der Waals surface area contributed by atoms with Gasteiger partial charge in [0.15, 0.2) is 0 Å². The van der Waals surface area contributed by atoms with Crippen molar-refractivity contribution in [2.45, 2.75) is 44.8 Å². The first-order valence-electron chi connectivity index (χ1n) is 7.72. The number of amides is 2. The van der Waals surface area contributed by atoms with Gasteiger partial charge in [0.25, 0.3) is 0 Å². The van der Waals surface area contributed by atoms with Crippen molar-refractivity contribution in [1.82, 2.24) is 9.80 Å². The minimum Gasteiger partial charge on any atom is -0.406 e. The number of carbonyl (C=O) groups excluding carboxylic acids is 2. The molecule has 2 heterocycles. The zero-order valence-electron chi connectivity index (χ0n) is 13.0. The summed E-state index contributed by atoms with van der Waals surface area (Å²) in [4.78, 5) is 28.1. The summed E-state index contributed by atoms with van der Waals surface area (Å²) in [5.41, 5.74) is 0.643. The Balaban J connectivity index is 1.73. The number of carbonyl (C=O) groups is 2. The van der Waals surface area contributed by atoms with Crippen LogP contribution in [-0.4, -0.2) is 46.6 Å². The summed E-state index contributed by atoms with van der Waals surface area (Å²) in [5.74, 6) is -0.494. The number of fused-ring (bicyclic) bond motifs is 1. The van der Waals surface area contributed by atoms with Crippen molar-refractivity contribution in [3.8, 4) is 5.75 Å². The second kappa shape index (κ2) is 5.99.